The van der Waals surface area contributed by atoms with E-state index in [2.05, 4.69) is 4.74 Å². The summed E-state index contributed by atoms with van der Waals surface area (Å²) in [6, 6.07) is 0. The smallest absolute Gasteiger partial charge is 0.422 e. The molecule has 0 aliphatic rings. The summed E-state index contributed by atoms with van der Waals surface area (Å²) in [6.07, 6.45) is 0.181. The molecule has 0 aliphatic heterocycles. The molecule has 0 aromatic rings. The van der Waals surface area contributed by atoms with Crippen LogP contribution < -0.4 is 0 Å². The van der Waals surface area contributed by atoms with Crippen molar-refractivity contribution in [2.24, 2.45) is 0 Å². The van der Waals surface area contributed by atoms with Crippen molar-refractivity contribution in [1.82, 2.24) is 4.90 Å². The van der Waals surface area contributed by atoms with Crippen LogP contribution in [0.3, 0.4) is 0 Å². The summed E-state index contributed by atoms with van der Waals surface area (Å²) >= 11 is 0. The molecule has 0 aliphatic carbocycles. The lowest BCUT2D eigenvalue weighted by molar-refractivity contribution is -0.162. The first-order valence-corrected chi connectivity index (χ1v) is 6.89. The number of hydrogen-bond acceptors (Lipinski definition) is 2. The number of halogens is 3. The summed E-state index contributed by atoms with van der Waals surface area (Å²) in [7, 11) is 0. The Morgan fingerprint density at radius 2 is 1.47 bits per heavy atom. The quantitative estimate of drug-likeness (QED) is 0.588. The molecule has 0 fully saturated rings. The Balaban J connectivity index is 4.15. The Hall–Kier alpha value is -0.940. The van der Waals surface area contributed by atoms with Gasteiger partial charge in [0.15, 0.2) is 6.61 Å². The molecule has 19 heavy (non-hydrogen) atoms. The predicted molar refractivity (Wildman–Crippen MR) is 68.0 cm³/mol. The van der Waals surface area contributed by atoms with E-state index in [0.717, 1.165) is 38.5 Å². The highest BCUT2D eigenvalue weighted by molar-refractivity contribution is 5.67. The van der Waals surface area contributed by atoms with Gasteiger partial charge >= 0.3 is 12.3 Å². The van der Waals surface area contributed by atoms with Crippen LogP contribution in [-0.2, 0) is 4.74 Å². The summed E-state index contributed by atoms with van der Waals surface area (Å²) in [5.41, 5.74) is 0. The van der Waals surface area contributed by atoms with E-state index in [1.54, 1.807) is 0 Å². The molecular formula is C13H24F3NO2. The van der Waals surface area contributed by atoms with E-state index in [0.29, 0.717) is 13.1 Å². The normalized spacial score (nSPS) is 11.4. The fraction of sp³-hybridized carbons (Fsp3) is 0.923. The molecule has 0 unspecified atom stereocenters. The summed E-state index contributed by atoms with van der Waals surface area (Å²) < 4.78 is 40.3. The zero-order valence-electron chi connectivity index (χ0n) is 11.8. The highest BCUT2D eigenvalue weighted by Gasteiger charge is 2.30. The standard InChI is InChI=1S/C13H24F3NO2/c1-3-5-7-9-17(10-8-6-4-2)12(18)19-11-13(14,15)16/h3-11H2,1-2H3. The average Bonchev–Trinajstić information content (AvgIpc) is 2.33. The molecule has 0 N–H and O–H groups in total. The van der Waals surface area contributed by atoms with Crippen LogP contribution >= 0.6 is 0 Å². The summed E-state index contributed by atoms with van der Waals surface area (Å²) in [4.78, 5) is 13.0. The summed E-state index contributed by atoms with van der Waals surface area (Å²) in [6.45, 7) is 3.49. The number of unbranched alkanes of at least 4 members (excludes halogenated alkanes) is 4. The third-order valence-electron chi connectivity index (χ3n) is 2.68. The molecule has 0 rings (SSSR count). The molecule has 0 atom stereocenters. The molecule has 3 nitrogen and oxygen atoms in total. The van der Waals surface area contributed by atoms with E-state index in [1.807, 2.05) is 13.8 Å². The van der Waals surface area contributed by atoms with Gasteiger partial charge in [-0.25, -0.2) is 4.79 Å². The van der Waals surface area contributed by atoms with Crippen LogP contribution in [0.5, 0.6) is 0 Å². The lowest BCUT2D eigenvalue weighted by Crippen LogP contribution is -2.35. The molecule has 0 saturated carbocycles. The van der Waals surface area contributed by atoms with Gasteiger partial charge in [0.2, 0.25) is 0 Å². The van der Waals surface area contributed by atoms with Crippen LogP contribution in [0.1, 0.15) is 52.4 Å². The summed E-state index contributed by atoms with van der Waals surface area (Å²) in [5, 5.41) is 0. The van der Waals surface area contributed by atoms with E-state index >= 15 is 0 Å². The second-order valence-corrected chi connectivity index (χ2v) is 4.57. The first-order chi connectivity index (χ1) is 8.90. The topological polar surface area (TPSA) is 29.5 Å². The third kappa shape index (κ3) is 10.7. The SMILES string of the molecule is CCCCCN(CCCCC)C(=O)OCC(F)(F)F. The number of alkyl halides is 3. The maximum Gasteiger partial charge on any atom is 0.422 e. The van der Waals surface area contributed by atoms with Crippen molar-refractivity contribution in [1.29, 1.82) is 0 Å². The number of nitrogens with zero attached hydrogens (tertiary/aromatic N) is 1. The second-order valence-electron chi connectivity index (χ2n) is 4.57. The van der Waals surface area contributed by atoms with Gasteiger partial charge < -0.3 is 9.64 Å². The Morgan fingerprint density at radius 1 is 1.00 bits per heavy atom. The van der Waals surface area contributed by atoms with E-state index in [4.69, 9.17) is 0 Å². The van der Waals surface area contributed by atoms with Crippen molar-refractivity contribution in [3.63, 3.8) is 0 Å². The van der Waals surface area contributed by atoms with Crippen molar-refractivity contribution in [3.05, 3.63) is 0 Å². The summed E-state index contributed by atoms with van der Waals surface area (Å²) in [5.74, 6) is 0. The van der Waals surface area contributed by atoms with Crippen LogP contribution in [0.4, 0.5) is 18.0 Å². The van der Waals surface area contributed by atoms with Crippen molar-refractivity contribution in [3.8, 4) is 0 Å². The number of rotatable bonds is 9. The van der Waals surface area contributed by atoms with Gasteiger partial charge in [-0.3, -0.25) is 0 Å². The van der Waals surface area contributed by atoms with Crippen LogP contribution in [0, 0.1) is 0 Å². The van der Waals surface area contributed by atoms with Crippen molar-refractivity contribution < 1.29 is 22.7 Å². The van der Waals surface area contributed by atoms with Crippen LogP contribution in [0.25, 0.3) is 0 Å². The molecule has 0 saturated heterocycles. The van der Waals surface area contributed by atoms with Gasteiger partial charge in [0.05, 0.1) is 0 Å². The lowest BCUT2D eigenvalue weighted by atomic mass is 10.2. The van der Waals surface area contributed by atoms with Gasteiger partial charge in [0.25, 0.3) is 0 Å². The highest BCUT2D eigenvalue weighted by Crippen LogP contribution is 2.15. The lowest BCUT2D eigenvalue weighted by Gasteiger charge is -2.22. The molecule has 114 valence electrons. The minimum Gasteiger partial charge on any atom is -0.440 e. The van der Waals surface area contributed by atoms with Crippen molar-refractivity contribution in [2.45, 2.75) is 58.5 Å². The maximum absolute atomic E-state index is 12.0. The molecule has 0 radical (unpaired) electrons. The molecule has 0 heterocycles. The van der Waals surface area contributed by atoms with Crippen molar-refractivity contribution in [2.75, 3.05) is 19.7 Å². The maximum atomic E-state index is 12.0. The number of ether oxygens (including phenoxy) is 1. The fourth-order valence-corrected chi connectivity index (χ4v) is 1.63. The molecule has 1 amide bonds. The molecule has 6 heteroatoms. The molecule has 0 spiro atoms. The fourth-order valence-electron chi connectivity index (χ4n) is 1.63. The third-order valence-corrected chi connectivity index (χ3v) is 2.68. The van der Waals surface area contributed by atoms with Crippen molar-refractivity contribution >= 4 is 6.09 Å². The monoisotopic (exact) mass is 283 g/mol. The van der Waals surface area contributed by atoms with E-state index < -0.39 is 18.9 Å². The van der Waals surface area contributed by atoms with Gasteiger partial charge in [-0.15, -0.1) is 0 Å². The Kier molecular flexibility index (Phi) is 9.43. The minimum atomic E-state index is -4.46. The van der Waals surface area contributed by atoms with Crippen LogP contribution in [0.15, 0.2) is 0 Å². The van der Waals surface area contributed by atoms with E-state index in [-0.39, 0.29) is 0 Å². The van der Waals surface area contributed by atoms with Gasteiger partial charge in [-0.1, -0.05) is 39.5 Å². The largest absolute Gasteiger partial charge is 0.440 e. The predicted octanol–water partition coefficient (Wildman–Crippen LogP) is 4.37. The Morgan fingerprint density at radius 3 is 1.84 bits per heavy atom. The zero-order chi connectivity index (χ0) is 14.7. The Bertz CT molecular complexity index is 235. The molecule has 0 bridgehead atoms. The average molecular weight is 283 g/mol. The number of amides is 1. The van der Waals surface area contributed by atoms with Gasteiger partial charge in [0.1, 0.15) is 0 Å². The van der Waals surface area contributed by atoms with Gasteiger partial charge in [-0.05, 0) is 12.8 Å². The van der Waals surface area contributed by atoms with Gasteiger partial charge in [-0.2, -0.15) is 13.2 Å². The Labute approximate surface area is 113 Å². The van der Waals surface area contributed by atoms with E-state index in [9.17, 15) is 18.0 Å². The van der Waals surface area contributed by atoms with Crippen LogP contribution in [-0.4, -0.2) is 36.9 Å². The first-order valence-electron chi connectivity index (χ1n) is 6.89. The second kappa shape index (κ2) is 9.92. The number of carbonyl (C=O) groups is 1. The number of hydrogen-bond donors (Lipinski definition) is 0. The first kappa shape index (κ1) is 18.1. The van der Waals surface area contributed by atoms with Crippen LogP contribution in [0.2, 0.25) is 0 Å². The minimum absolute atomic E-state index is 0.467. The molecule has 0 aromatic heterocycles. The van der Waals surface area contributed by atoms with E-state index in [1.165, 1.54) is 4.90 Å². The highest BCUT2D eigenvalue weighted by atomic mass is 19.4. The zero-order valence-corrected chi connectivity index (χ0v) is 11.8. The van der Waals surface area contributed by atoms with Gasteiger partial charge in [0, 0.05) is 13.1 Å². The molecular weight excluding hydrogens is 259 g/mol. The number of carbonyl (C=O) groups excluding carboxylic acids is 1. The molecule has 0 aromatic carbocycles.